The van der Waals surface area contributed by atoms with Crippen LogP contribution in [0.1, 0.15) is 26.3 Å². The van der Waals surface area contributed by atoms with Gasteiger partial charge >= 0.3 is 0 Å². The second-order valence-corrected chi connectivity index (χ2v) is 4.63. The second-order valence-electron chi connectivity index (χ2n) is 4.19. The zero-order chi connectivity index (χ0) is 11.4. The molecule has 0 spiro atoms. The zero-order valence-electron chi connectivity index (χ0n) is 9.35. The topological polar surface area (TPSA) is 12.0 Å². The molecule has 0 aliphatic carbocycles. The molecule has 0 heterocycles. The van der Waals surface area contributed by atoms with Gasteiger partial charge in [-0.25, -0.2) is 4.39 Å². The summed E-state index contributed by atoms with van der Waals surface area (Å²) in [5.41, 5.74) is 0.882. The van der Waals surface area contributed by atoms with Crippen molar-refractivity contribution in [1.82, 2.24) is 5.32 Å². The number of benzene rings is 1. The van der Waals surface area contributed by atoms with Crippen LogP contribution in [0.5, 0.6) is 0 Å². The maximum atomic E-state index is 13.0. The Kier molecular flexibility index (Phi) is 4.55. The van der Waals surface area contributed by atoms with Crippen LogP contribution in [0.25, 0.3) is 0 Å². The first-order chi connectivity index (χ1) is 6.99. The molecule has 0 radical (unpaired) electrons. The van der Waals surface area contributed by atoms with E-state index in [1.807, 2.05) is 0 Å². The standard InChI is InChI=1S/C12H17ClFN/c1-8(2)9(3)15-7-10-4-11(13)6-12(14)5-10/h4-6,8-9,15H,7H2,1-3H3. The van der Waals surface area contributed by atoms with E-state index in [2.05, 4.69) is 26.1 Å². The molecule has 1 aromatic carbocycles. The number of nitrogens with one attached hydrogen (secondary N) is 1. The Balaban J connectivity index is 2.57. The summed E-state index contributed by atoms with van der Waals surface area (Å²) < 4.78 is 13.0. The van der Waals surface area contributed by atoms with Gasteiger partial charge in [-0.1, -0.05) is 25.4 Å². The first-order valence-electron chi connectivity index (χ1n) is 5.17. The van der Waals surface area contributed by atoms with E-state index in [0.717, 1.165) is 5.56 Å². The predicted octanol–water partition coefficient (Wildman–Crippen LogP) is 3.61. The summed E-state index contributed by atoms with van der Waals surface area (Å²) in [6.07, 6.45) is 0. The average Bonchev–Trinajstić information content (AvgIpc) is 2.12. The molecule has 1 N–H and O–H groups in total. The van der Waals surface area contributed by atoms with Crippen LogP contribution in [0, 0.1) is 11.7 Å². The van der Waals surface area contributed by atoms with Crippen molar-refractivity contribution in [2.75, 3.05) is 0 Å². The molecule has 0 aliphatic heterocycles. The van der Waals surface area contributed by atoms with Crippen LogP contribution < -0.4 is 5.32 Å². The van der Waals surface area contributed by atoms with E-state index in [0.29, 0.717) is 23.5 Å². The quantitative estimate of drug-likeness (QED) is 0.832. The van der Waals surface area contributed by atoms with Crippen molar-refractivity contribution in [3.05, 3.63) is 34.6 Å². The van der Waals surface area contributed by atoms with Crippen molar-refractivity contribution in [2.24, 2.45) is 5.92 Å². The van der Waals surface area contributed by atoms with Crippen LogP contribution in [0.3, 0.4) is 0 Å². The molecule has 0 aromatic heterocycles. The van der Waals surface area contributed by atoms with E-state index in [-0.39, 0.29) is 5.82 Å². The minimum Gasteiger partial charge on any atom is -0.310 e. The van der Waals surface area contributed by atoms with Gasteiger partial charge in [0.1, 0.15) is 5.82 Å². The molecule has 0 aliphatic rings. The van der Waals surface area contributed by atoms with Gasteiger partial charge in [-0.05, 0) is 36.6 Å². The van der Waals surface area contributed by atoms with E-state index in [1.165, 1.54) is 12.1 Å². The summed E-state index contributed by atoms with van der Waals surface area (Å²) in [7, 11) is 0. The summed E-state index contributed by atoms with van der Waals surface area (Å²) in [4.78, 5) is 0. The van der Waals surface area contributed by atoms with Crippen molar-refractivity contribution in [3.63, 3.8) is 0 Å². The number of halogens is 2. The molecule has 0 fully saturated rings. The molecule has 1 nitrogen and oxygen atoms in total. The molecule has 0 saturated carbocycles. The highest BCUT2D eigenvalue weighted by Gasteiger charge is 2.06. The molecule has 15 heavy (non-hydrogen) atoms. The maximum absolute atomic E-state index is 13.0. The highest BCUT2D eigenvalue weighted by Crippen LogP contribution is 2.14. The van der Waals surface area contributed by atoms with Gasteiger partial charge in [-0.2, -0.15) is 0 Å². The lowest BCUT2D eigenvalue weighted by Gasteiger charge is -2.17. The van der Waals surface area contributed by atoms with E-state index in [4.69, 9.17) is 11.6 Å². The number of hydrogen-bond donors (Lipinski definition) is 1. The average molecular weight is 230 g/mol. The first-order valence-corrected chi connectivity index (χ1v) is 5.55. The molecule has 1 rings (SSSR count). The molecule has 1 aromatic rings. The SMILES string of the molecule is CC(C)C(C)NCc1cc(F)cc(Cl)c1. The van der Waals surface area contributed by atoms with Gasteiger partial charge < -0.3 is 5.32 Å². The fraction of sp³-hybridized carbons (Fsp3) is 0.500. The Morgan fingerprint density at radius 1 is 1.27 bits per heavy atom. The highest BCUT2D eigenvalue weighted by molar-refractivity contribution is 6.30. The molecule has 0 amide bonds. The molecule has 3 heteroatoms. The zero-order valence-corrected chi connectivity index (χ0v) is 10.1. The highest BCUT2D eigenvalue weighted by atomic mass is 35.5. The van der Waals surface area contributed by atoms with Crippen LogP contribution in [0.2, 0.25) is 5.02 Å². The molecule has 0 bridgehead atoms. The fourth-order valence-corrected chi connectivity index (χ4v) is 1.47. The van der Waals surface area contributed by atoms with Gasteiger partial charge in [-0.15, -0.1) is 0 Å². The molecular formula is C12H17ClFN. The Morgan fingerprint density at radius 2 is 1.93 bits per heavy atom. The molecule has 1 atom stereocenters. The number of rotatable bonds is 4. The third-order valence-corrected chi connectivity index (χ3v) is 2.77. The first kappa shape index (κ1) is 12.5. The minimum absolute atomic E-state index is 0.281. The monoisotopic (exact) mass is 229 g/mol. The normalized spacial score (nSPS) is 13.2. The van der Waals surface area contributed by atoms with Gasteiger partial charge in [0.05, 0.1) is 0 Å². The van der Waals surface area contributed by atoms with Gasteiger partial charge in [0.2, 0.25) is 0 Å². The van der Waals surface area contributed by atoms with Crippen LogP contribution in [-0.4, -0.2) is 6.04 Å². The van der Waals surface area contributed by atoms with Crippen molar-refractivity contribution in [1.29, 1.82) is 0 Å². The van der Waals surface area contributed by atoms with Gasteiger partial charge in [0.25, 0.3) is 0 Å². The Labute approximate surface area is 95.6 Å². The fourth-order valence-electron chi connectivity index (χ4n) is 1.23. The summed E-state index contributed by atoms with van der Waals surface area (Å²) in [5, 5.41) is 3.78. The number of hydrogen-bond acceptors (Lipinski definition) is 1. The van der Waals surface area contributed by atoms with Crippen LogP contribution >= 0.6 is 11.6 Å². The summed E-state index contributed by atoms with van der Waals surface area (Å²) in [6.45, 7) is 7.06. The van der Waals surface area contributed by atoms with Crippen molar-refractivity contribution >= 4 is 11.6 Å². The molecule has 1 unspecified atom stereocenters. The smallest absolute Gasteiger partial charge is 0.125 e. The van der Waals surface area contributed by atoms with Crippen molar-refractivity contribution in [3.8, 4) is 0 Å². The molecular weight excluding hydrogens is 213 g/mol. The van der Waals surface area contributed by atoms with Gasteiger partial charge in [-0.3, -0.25) is 0 Å². The van der Waals surface area contributed by atoms with E-state index < -0.39 is 0 Å². The third-order valence-electron chi connectivity index (χ3n) is 2.55. The lowest BCUT2D eigenvalue weighted by atomic mass is 10.1. The minimum atomic E-state index is -0.281. The lowest BCUT2D eigenvalue weighted by molar-refractivity contribution is 0.425. The van der Waals surface area contributed by atoms with Crippen LogP contribution in [-0.2, 0) is 6.54 Å². The van der Waals surface area contributed by atoms with E-state index in [9.17, 15) is 4.39 Å². The Hall–Kier alpha value is -0.600. The summed E-state index contributed by atoms with van der Waals surface area (Å²) >= 11 is 5.76. The second kappa shape index (κ2) is 5.47. The van der Waals surface area contributed by atoms with Crippen LogP contribution in [0.15, 0.2) is 18.2 Å². The van der Waals surface area contributed by atoms with E-state index >= 15 is 0 Å². The Morgan fingerprint density at radius 3 is 2.47 bits per heavy atom. The predicted molar refractivity (Wildman–Crippen MR) is 62.5 cm³/mol. The molecule has 0 saturated heterocycles. The summed E-state index contributed by atoms with van der Waals surface area (Å²) in [5.74, 6) is 0.283. The van der Waals surface area contributed by atoms with Crippen LogP contribution in [0.4, 0.5) is 4.39 Å². The van der Waals surface area contributed by atoms with Gasteiger partial charge in [0.15, 0.2) is 0 Å². The largest absolute Gasteiger partial charge is 0.310 e. The third kappa shape index (κ3) is 4.18. The maximum Gasteiger partial charge on any atom is 0.125 e. The molecule has 84 valence electrons. The lowest BCUT2D eigenvalue weighted by Crippen LogP contribution is -2.30. The van der Waals surface area contributed by atoms with Gasteiger partial charge in [0, 0.05) is 17.6 Å². The van der Waals surface area contributed by atoms with E-state index in [1.54, 1.807) is 6.07 Å². The van der Waals surface area contributed by atoms with Crippen molar-refractivity contribution < 1.29 is 4.39 Å². The van der Waals surface area contributed by atoms with Crippen molar-refractivity contribution in [2.45, 2.75) is 33.4 Å². The summed E-state index contributed by atoms with van der Waals surface area (Å²) in [6, 6.07) is 5.01. The Bertz CT molecular complexity index is 305.